The molecule has 1 atom stereocenters. The smallest absolute Gasteiger partial charge is 0.342 e. The number of cyclic esters (lactones) is 1. The molecule has 0 bridgehead atoms. The molecule has 24 heavy (non-hydrogen) atoms. The van der Waals surface area contributed by atoms with Gasteiger partial charge in [-0.2, -0.15) is 0 Å². The van der Waals surface area contributed by atoms with Crippen LogP contribution in [-0.4, -0.2) is 32.4 Å². The van der Waals surface area contributed by atoms with E-state index in [0.29, 0.717) is 29.2 Å². The van der Waals surface area contributed by atoms with Gasteiger partial charge in [-0.05, 0) is 23.8 Å². The molecular formula is C18H18O6. The molecule has 0 unspecified atom stereocenters. The summed E-state index contributed by atoms with van der Waals surface area (Å²) in [6, 6.07) is 8.64. The summed E-state index contributed by atoms with van der Waals surface area (Å²) >= 11 is 0. The van der Waals surface area contributed by atoms with Gasteiger partial charge >= 0.3 is 5.97 Å². The van der Waals surface area contributed by atoms with Gasteiger partial charge in [-0.1, -0.05) is 6.07 Å². The Hall–Kier alpha value is -2.89. The third kappa shape index (κ3) is 2.71. The number of aromatic hydroxyl groups is 1. The summed E-state index contributed by atoms with van der Waals surface area (Å²) in [5.41, 5.74) is 1.73. The van der Waals surface area contributed by atoms with E-state index in [2.05, 4.69) is 0 Å². The zero-order chi connectivity index (χ0) is 17.3. The lowest BCUT2D eigenvalue weighted by atomic mass is 9.98. The van der Waals surface area contributed by atoms with Crippen LogP contribution in [-0.2, 0) is 11.2 Å². The number of carbonyl (C=O) groups excluding carboxylic acids is 1. The highest BCUT2D eigenvalue weighted by molar-refractivity contribution is 5.97. The summed E-state index contributed by atoms with van der Waals surface area (Å²) in [7, 11) is 4.64. The number of esters is 1. The van der Waals surface area contributed by atoms with Crippen molar-refractivity contribution in [1.29, 1.82) is 0 Å². The standard InChI is InChI=1S/C18H18O6/c1-21-11-8-12-15(24-18(20)17(12)13(19)9-11)6-10-4-5-14(22-2)16(7-10)23-3/h4-5,7-9,15,19H,6H2,1-3H3/t15-/m0/s1. The lowest BCUT2D eigenvalue weighted by Gasteiger charge is -2.14. The predicted molar refractivity (Wildman–Crippen MR) is 86.1 cm³/mol. The van der Waals surface area contributed by atoms with Crippen LogP contribution >= 0.6 is 0 Å². The third-order valence-electron chi connectivity index (χ3n) is 4.03. The van der Waals surface area contributed by atoms with E-state index in [1.54, 1.807) is 26.4 Å². The van der Waals surface area contributed by atoms with E-state index in [1.165, 1.54) is 13.2 Å². The average molecular weight is 330 g/mol. The van der Waals surface area contributed by atoms with Gasteiger partial charge in [0.15, 0.2) is 11.5 Å². The first-order chi connectivity index (χ1) is 11.6. The number of hydrogen-bond acceptors (Lipinski definition) is 6. The molecule has 0 amide bonds. The maximum atomic E-state index is 12.0. The Labute approximate surface area is 139 Å². The molecular weight excluding hydrogens is 312 g/mol. The predicted octanol–water partition coefficient (Wildman–Crippen LogP) is 2.87. The molecule has 6 heteroatoms. The fraction of sp³-hybridized carbons (Fsp3) is 0.278. The summed E-state index contributed by atoms with van der Waals surface area (Å²) in [4.78, 5) is 12.0. The quantitative estimate of drug-likeness (QED) is 0.850. The minimum atomic E-state index is -0.532. The highest BCUT2D eigenvalue weighted by Gasteiger charge is 2.34. The van der Waals surface area contributed by atoms with Gasteiger partial charge in [0.1, 0.15) is 23.2 Å². The van der Waals surface area contributed by atoms with Gasteiger partial charge < -0.3 is 24.1 Å². The molecule has 1 aliphatic heterocycles. The number of phenolic OH excluding ortho intramolecular Hbond substituents is 1. The number of ether oxygens (including phenoxy) is 4. The lowest BCUT2D eigenvalue weighted by molar-refractivity contribution is 0.0385. The van der Waals surface area contributed by atoms with Crippen LogP contribution in [0.4, 0.5) is 0 Å². The van der Waals surface area contributed by atoms with Gasteiger partial charge in [0.25, 0.3) is 0 Å². The molecule has 0 spiro atoms. The van der Waals surface area contributed by atoms with Crippen LogP contribution in [0.15, 0.2) is 30.3 Å². The van der Waals surface area contributed by atoms with E-state index in [-0.39, 0.29) is 11.3 Å². The Morgan fingerprint density at radius 2 is 1.79 bits per heavy atom. The molecule has 2 aromatic rings. The molecule has 0 radical (unpaired) electrons. The Kier molecular flexibility index (Phi) is 4.20. The first-order valence-corrected chi connectivity index (χ1v) is 7.40. The van der Waals surface area contributed by atoms with Crippen molar-refractivity contribution in [3.63, 3.8) is 0 Å². The molecule has 1 heterocycles. The van der Waals surface area contributed by atoms with Crippen molar-refractivity contribution in [3.8, 4) is 23.0 Å². The summed E-state index contributed by atoms with van der Waals surface area (Å²) in [6.07, 6.45) is -0.0438. The second kappa shape index (κ2) is 6.31. The van der Waals surface area contributed by atoms with Gasteiger partial charge in [-0.15, -0.1) is 0 Å². The van der Waals surface area contributed by atoms with Gasteiger partial charge in [0.2, 0.25) is 0 Å². The van der Waals surface area contributed by atoms with Crippen molar-refractivity contribution in [2.24, 2.45) is 0 Å². The molecule has 1 aliphatic rings. The van der Waals surface area contributed by atoms with E-state index in [9.17, 15) is 9.90 Å². The Morgan fingerprint density at radius 3 is 2.46 bits per heavy atom. The maximum absolute atomic E-state index is 12.0. The third-order valence-corrected chi connectivity index (χ3v) is 4.03. The minimum absolute atomic E-state index is 0.135. The van der Waals surface area contributed by atoms with Crippen LogP contribution < -0.4 is 14.2 Å². The van der Waals surface area contributed by atoms with Crippen LogP contribution in [0.2, 0.25) is 0 Å². The van der Waals surface area contributed by atoms with Crippen molar-refractivity contribution >= 4 is 5.97 Å². The van der Waals surface area contributed by atoms with E-state index >= 15 is 0 Å². The Morgan fingerprint density at radius 1 is 1.04 bits per heavy atom. The van der Waals surface area contributed by atoms with Crippen LogP contribution in [0.1, 0.15) is 27.6 Å². The maximum Gasteiger partial charge on any atom is 0.342 e. The molecule has 1 N–H and O–H groups in total. The molecule has 0 saturated carbocycles. The first kappa shape index (κ1) is 16.0. The largest absolute Gasteiger partial charge is 0.507 e. The SMILES string of the molecule is COc1cc(O)c2c(c1)[C@H](Cc1ccc(OC)c(OC)c1)OC2=O. The summed E-state index contributed by atoms with van der Waals surface area (Å²) < 4.78 is 21.1. The van der Waals surface area contributed by atoms with Gasteiger partial charge in [-0.25, -0.2) is 4.79 Å². The van der Waals surface area contributed by atoms with E-state index in [4.69, 9.17) is 18.9 Å². The van der Waals surface area contributed by atoms with Crippen molar-refractivity contribution in [1.82, 2.24) is 0 Å². The molecule has 0 fully saturated rings. The fourth-order valence-electron chi connectivity index (χ4n) is 2.84. The first-order valence-electron chi connectivity index (χ1n) is 7.40. The number of methoxy groups -OCH3 is 3. The highest BCUT2D eigenvalue weighted by atomic mass is 16.6. The van der Waals surface area contributed by atoms with E-state index < -0.39 is 12.1 Å². The van der Waals surface area contributed by atoms with Crippen LogP contribution in [0, 0.1) is 0 Å². The lowest BCUT2D eigenvalue weighted by Crippen LogP contribution is -2.03. The number of fused-ring (bicyclic) bond motifs is 1. The van der Waals surface area contributed by atoms with Crippen LogP contribution in [0.25, 0.3) is 0 Å². The summed E-state index contributed by atoms with van der Waals surface area (Å²) in [6.45, 7) is 0. The Balaban J connectivity index is 1.93. The normalized spacial score (nSPS) is 15.6. The molecule has 0 aliphatic carbocycles. The molecule has 3 rings (SSSR count). The molecule has 126 valence electrons. The van der Waals surface area contributed by atoms with Crippen molar-refractivity contribution in [2.75, 3.05) is 21.3 Å². The molecule has 0 aromatic heterocycles. The summed E-state index contributed by atoms with van der Waals surface area (Å²) in [5, 5.41) is 10.0. The van der Waals surface area contributed by atoms with Crippen molar-refractivity contribution < 1.29 is 28.8 Å². The number of benzene rings is 2. The number of hydrogen-bond donors (Lipinski definition) is 1. The topological polar surface area (TPSA) is 74.2 Å². The number of carbonyl (C=O) groups is 1. The molecule has 6 nitrogen and oxygen atoms in total. The second-order valence-corrected chi connectivity index (χ2v) is 5.40. The number of phenols is 1. The zero-order valence-electron chi connectivity index (χ0n) is 13.7. The molecule has 0 saturated heterocycles. The van der Waals surface area contributed by atoms with Gasteiger partial charge in [0, 0.05) is 18.1 Å². The zero-order valence-corrected chi connectivity index (χ0v) is 13.7. The van der Waals surface area contributed by atoms with Crippen molar-refractivity contribution in [2.45, 2.75) is 12.5 Å². The van der Waals surface area contributed by atoms with Gasteiger partial charge in [0.05, 0.1) is 21.3 Å². The van der Waals surface area contributed by atoms with E-state index in [0.717, 1.165) is 5.56 Å². The number of rotatable bonds is 5. The monoisotopic (exact) mass is 330 g/mol. The average Bonchev–Trinajstić information content (AvgIpc) is 2.90. The highest BCUT2D eigenvalue weighted by Crippen LogP contribution is 2.41. The minimum Gasteiger partial charge on any atom is -0.507 e. The fourth-order valence-corrected chi connectivity index (χ4v) is 2.84. The van der Waals surface area contributed by atoms with Crippen molar-refractivity contribution in [3.05, 3.63) is 47.0 Å². The van der Waals surface area contributed by atoms with Crippen LogP contribution in [0.3, 0.4) is 0 Å². The molecule has 2 aromatic carbocycles. The van der Waals surface area contributed by atoms with Crippen LogP contribution in [0.5, 0.6) is 23.0 Å². The van der Waals surface area contributed by atoms with E-state index in [1.807, 2.05) is 12.1 Å². The summed E-state index contributed by atoms with van der Waals surface area (Å²) in [5.74, 6) is 1.04. The second-order valence-electron chi connectivity index (χ2n) is 5.40. The Bertz CT molecular complexity index is 783. The van der Waals surface area contributed by atoms with Gasteiger partial charge in [-0.3, -0.25) is 0 Å².